The molecule has 82 valence electrons. The smallest absolute Gasteiger partial charge is 0.338 e. The number of hydrogen-bond acceptors (Lipinski definition) is 3. The Balaban J connectivity index is 2.38. The lowest BCUT2D eigenvalue weighted by molar-refractivity contribution is -0.120. The predicted molar refractivity (Wildman–Crippen MR) is 52.5 cm³/mol. The normalized spacial score (nSPS) is 9.93. The number of nitrogens with one attached hydrogen (secondary N) is 1. The van der Waals surface area contributed by atoms with E-state index in [-0.39, 0.29) is 11.5 Å². The van der Waals surface area contributed by atoms with Crippen molar-refractivity contribution in [3.63, 3.8) is 0 Å². The lowest BCUT2D eigenvalue weighted by Gasteiger charge is -2.00. The third-order valence-corrected chi connectivity index (χ3v) is 1.95. The van der Waals surface area contributed by atoms with Crippen molar-refractivity contribution >= 4 is 11.9 Å². The van der Waals surface area contributed by atoms with Crippen LogP contribution in [0.4, 0.5) is 0 Å². The highest BCUT2D eigenvalue weighted by Crippen LogP contribution is 1.99. The standard InChI is InChI=1S/C9H13N3O3/c1-10-8(13)3-2-4-12-6-7(5-11-12)9(14)15/h5-6H,2-4H2,1H3,(H,10,13)(H,14,15). The van der Waals surface area contributed by atoms with E-state index in [9.17, 15) is 9.59 Å². The van der Waals surface area contributed by atoms with Crippen LogP contribution in [-0.4, -0.2) is 33.8 Å². The predicted octanol–water partition coefficient (Wildman–Crippen LogP) is 0.107. The maximum atomic E-state index is 10.9. The van der Waals surface area contributed by atoms with Gasteiger partial charge >= 0.3 is 5.97 Å². The molecule has 0 unspecified atom stereocenters. The van der Waals surface area contributed by atoms with Crippen molar-refractivity contribution in [1.29, 1.82) is 0 Å². The van der Waals surface area contributed by atoms with Crippen LogP contribution in [-0.2, 0) is 11.3 Å². The molecular weight excluding hydrogens is 198 g/mol. The molecule has 2 N–H and O–H groups in total. The summed E-state index contributed by atoms with van der Waals surface area (Å²) >= 11 is 0. The van der Waals surface area contributed by atoms with Crippen molar-refractivity contribution < 1.29 is 14.7 Å². The van der Waals surface area contributed by atoms with Crippen molar-refractivity contribution in [2.75, 3.05) is 7.05 Å². The van der Waals surface area contributed by atoms with E-state index < -0.39 is 5.97 Å². The average Bonchev–Trinajstić information content (AvgIpc) is 2.66. The van der Waals surface area contributed by atoms with E-state index in [1.807, 2.05) is 0 Å². The summed E-state index contributed by atoms with van der Waals surface area (Å²) in [4.78, 5) is 21.4. The Hall–Kier alpha value is -1.85. The summed E-state index contributed by atoms with van der Waals surface area (Å²) in [5, 5.41) is 15.0. The van der Waals surface area contributed by atoms with E-state index in [4.69, 9.17) is 5.11 Å². The number of aromatic carboxylic acids is 1. The molecule has 1 rings (SSSR count). The molecule has 1 heterocycles. The second kappa shape index (κ2) is 5.14. The van der Waals surface area contributed by atoms with Crippen molar-refractivity contribution in [3.8, 4) is 0 Å². The molecule has 0 radical (unpaired) electrons. The van der Waals surface area contributed by atoms with Gasteiger partial charge in [-0.1, -0.05) is 0 Å². The number of nitrogens with zero attached hydrogens (tertiary/aromatic N) is 2. The summed E-state index contributed by atoms with van der Waals surface area (Å²) in [6.07, 6.45) is 3.80. The maximum absolute atomic E-state index is 10.9. The van der Waals surface area contributed by atoms with Gasteiger partial charge in [0, 0.05) is 26.2 Å². The number of carbonyl (C=O) groups excluding carboxylic acids is 1. The minimum Gasteiger partial charge on any atom is -0.478 e. The van der Waals surface area contributed by atoms with Crippen LogP contribution in [0.5, 0.6) is 0 Å². The summed E-state index contributed by atoms with van der Waals surface area (Å²) in [5.41, 5.74) is 0.162. The Kier molecular flexibility index (Phi) is 3.84. The second-order valence-corrected chi connectivity index (χ2v) is 3.07. The van der Waals surface area contributed by atoms with Crippen LogP contribution in [0.2, 0.25) is 0 Å². The van der Waals surface area contributed by atoms with Gasteiger partial charge in [-0.15, -0.1) is 0 Å². The molecule has 0 saturated heterocycles. The highest BCUT2D eigenvalue weighted by molar-refractivity contribution is 5.86. The highest BCUT2D eigenvalue weighted by atomic mass is 16.4. The summed E-state index contributed by atoms with van der Waals surface area (Å²) in [6, 6.07) is 0. The molecule has 0 fully saturated rings. The topological polar surface area (TPSA) is 84.2 Å². The SMILES string of the molecule is CNC(=O)CCCn1cc(C(=O)O)cn1. The van der Waals surface area contributed by atoms with Crippen LogP contribution in [0, 0.1) is 0 Å². The monoisotopic (exact) mass is 211 g/mol. The van der Waals surface area contributed by atoms with Gasteiger partial charge in [-0.2, -0.15) is 5.10 Å². The molecule has 0 saturated carbocycles. The van der Waals surface area contributed by atoms with Gasteiger partial charge in [-0.25, -0.2) is 4.79 Å². The Morgan fingerprint density at radius 2 is 2.33 bits per heavy atom. The molecule has 0 bridgehead atoms. The molecule has 0 aliphatic rings. The fraction of sp³-hybridized carbons (Fsp3) is 0.444. The van der Waals surface area contributed by atoms with Crippen LogP contribution < -0.4 is 5.32 Å². The van der Waals surface area contributed by atoms with Crippen LogP contribution in [0.1, 0.15) is 23.2 Å². The first-order valence-electron chi connectivity index (χ1n) is 4.60. The first-order valence-corrected chi connectivity index (χ1v) is 4.60. The van der Waals surface area contributed by atoms with Gasteiger partial charge < -0.3 is 10.4 Å². The number of carboxylic acids is 1. The number of aryl methyl sites for hydroxylation is 1. The molecule has 0 aliphatic carbocycles. The van der Waals surface area contributed by atoms with E-state index in [1.165, 1.54) is 17.1 Å². The van der Waals surface area contributed by atoms with E-state index in [0.29, 0.717) is 19.4 Å². The van der Waals surface area contributed by atoms with Gasteiger partial charge in [0.15, 0.2) is 0 Å². The molecule has 15 heavy (non-hydrogen) atoms. The molecule has 0 spiro atoms. The van der Waals surface area contributed by atoms with Crippen LogP contribution in [0.15, 0.2) is 12.4 Å². The van der Waals surface area contributed by atoms with Crippen molar-refractivity contribution in [1.82, 2.24) is 15.1 Å². The number of hydrogen-bond donors (Lipinski definition) is 2. The van der Waals surface area contributed by atoms with E-state index in [1.54, 1.807) is 7.05 Å². The molecule has 1 amide bonds. The van der Waals surface area contributed by atoms with Gasteiger partial charge in [-0.3, -0.25) is 9.48 Å². The van der Waals surface area contributed by atoms with Crippen LogP contribution in [0.25, 0.3) is 0 Å². The zero-order valence-electron chi connectivity index (χ0n) is 8.43. The Labute approximate surface area is 86.9 Å². The van der Waals surface area contributed by atoms with Gasteiger partial charge in [0.25, 0.3) is 0 Å². The number of rotatable bonds is 5. The fourth-order valence-electron chi connectivity index (χ4n) is 1.12. The fourth-order valence-corrected chi connectivity index (χ4v) is 1.12. The Morgan fingerprint density at radius 1 is 1.60 bits per heavy atom. The van der Waals surface area contributed by atoms with Crippen LogP contribution >= 0.6 is 0 Å². The van der Waals surface area contributed by atoms with Gasteiger partial charge in [0.05, 0.1) is 11.8 Å². The number of amides is 1. The third-order valence-electron chi connectivity index (χ3n) is 1.95. The first kappa shape index (κ1) is 11.2. The van der Waals surface area contributed by atoms with Crippen LogP contribution in [0.3, 0.4) is 0 Å². The minimum atomic E-state index is -0.993. The van der Waals surface area contributed by atoms with E-state index in [0.717, 1.165) is 0 Å². The third kappa shape index (κ3) is 3.41. The van der Waals surface area contributed by atoms with Gasteiger partial charge in [-0.05, 0) is 6.42 Å². The molecule has 1 aromatic heterocycles. The van der Waals surface area contributed by atoms with Crippen molar-refractivity contribution in [2.45, 2.75) is 19.4 Å². The summed E-state index contributed by atoms with van der Waals surface area (Å²) in [5.74, 6) is -1.02. The largest absolute Gasteiger partial charge is 0.478 e. The second-order valence-electron chi connectivity index (χ2n) is 3.07. The molecule has 6 heteroatoms. The average molecular weight is 211 g/mol. The zero-order chi connectivity index (χ0) is 11.3. The summed E-state index contributed by atoms with van der Waals surface area (Å²) < 4.78 is 1.52. The first-order chi connectivity index (χ1) is 7.13. The summed E-state index contributed by atoms with van der Waals surface area (Å²) in [6.45, 7) is 0.542. The number of carboxylic acid groups (broad SMARTS) is 1. The zero-order valence-corrected chi connectivity index (χ0v) is 8.43. The number of carbonyl (C=O) groups is 2. The van der Waals surface area contributed by atoms with Gasteiger partial charge in [0.2, 0.25) is 5.91 Å². The highest BCUT2D eigenvalue weighted by Gasteiger charge is 2.05. The van der Waals surface area contributed by atoms with Crippen molar-refractivity contribution in [3.05, 3.63) is 18.0 Å². The minimum absolute atomic E-state index is 0.0272. The van der Waals surface area contributed by atoms with Gasteiger partial charge in [0.1, 0.15) is 0 Å². The molecule has 0 aliphatic heterocycles. The molecule has 1 aromatic rings. The van der Waals surface area contributed by atoms with Crippen molar-refractivity contribution in [2.24, 2.45) is 0 Å². The molecule has 0 atom stereocenters. The lowest BCUT2D eigenvalue weighted by atomic mass is 10.3. The van der Waals surface area contributed by atoms with E-state index in [2.05, 4.69) is 10.4 Å². The Bertz CT molecular complexity index is 359. The van der Waals surface area contributed by atoms with E-state index >= 15 is 0 Å². The maximum Gasteiger partial charge on any atom is 0.338 e. The Morgan fingerprint density at radius 3 is 2.87 bits per heavy atom. The number of aromatic nitrogens is 2. The molecular formula is C9H13N3O3. The summed E-state index contributed by atoms with van der Waals surface area (Å²) in [7, 11) is 1.58. The quantitative estimate of drug-likeness (QED) is 0.723. The molecule has 6 nitrogen and oxygen atoms in total. The lowest BCUT2D eigenvalue weighted by Crippen LogP contribution is -2.17. The molecule has 0 aromatic carbocycles.